The van der Waals surface area contributed by atoms with Crippen LogP contribution >= 0.6 is 11.8 Å². The molecule has 3 nitrogen and oxygen atoms in total. The number of carbonyl (C=O) groups excluding carboxylic acids is 1. The molecule has 1 heterocycles. The minimum atomic E-state index is -1.26. The molecule has 0 spiro atoms. The van der Waals surface area contributed by atoms with Gasteiger partial charge in [0.05, 0.1) is 12.0 Å². The molecule has 0 bridgehead atoms. The van der Waals surface area contributed by atoms with Gasteiger partial charge in [0, 0.05) is 6.54 Å². The Labute approximate surface area is 117 Å². The summed E-state index contributed by atoms with van der Waals surface area (Å²) >= 11 is 1.16. The number of benzene rings is 1. The zero-order chi connectivity index (χ0) is 14.0. The van der Waals surface area contributed by atoms with E-state index in [1.165, 1.54) is 7.11 Å². The van der Waals surface area contributed by atoms with E-state index < -0.39 is 22.4 Å². The molecule has 19 heavy (non-hydrogen) atoms. The molecule has 1 aromatic carbocycles. The van der Waals surface area contributed by atoms with Crippen LogP contribution in [0.25, 0.3) is 0 Å². The normalized spacial score (nSPS) is 26.3. The summed E-state index contributed by atoms with van der Waals surface area (Å²) in [6, 6.07) is 8.91. The van der Waals surface area contributed by atoms with Crippen molar-refractivity contribution in [3.8, 4) is 0 Å². The van der Waals surface area contributed by atoms with Crippen LogP contribution in [0.2, 0.25) is 0 Å². The summed E-state index contributed by atoms with van der Waals surface area (Å²) < 4.78 is 18.8. The summed E-state index contributed by atoms with van der Waals surface area (Å²) in [4.78, 5) is 13.2. The number of nitrogens with zero attached hydrogens (tertiary/aromatic N) is 1. The number of hydrogen-bond acceptors (Lipinski definition) is 4. The van der Waals surface area contributed by atoms with Gasteiger partial charge in [-0.25, -0.2) is 4.39 Å². The lowest BCUT2D eigenvalue weighted by molar-refractivity contribution is -0.148. The minimum absolute atomic E-state index is 0.436. The fourth-order valence-corrected chi connectivity index (χ4v) is 3.56. The third-order valence-corrected chi connectivity index (χ3v) is 4.61. The number of thioether (sulfide) groups is 1. The summed E-state index contributed by atoms with van der Waals surface area (Å²) in [5, 5.41) is 0. The SMILES string of the molecule is COC(=O)[C@@H]1C(F)SC(C)(C)N1Cc1ccccc1. The molecule has 0 N–H and O–H groups in total. The molecule has 5 heteroatoms. The van der Waals surface area contributed by atoms with Gasteiger partial charge in [-0.3, -0.25) is 9.69 Å². The Hall–Kier alpha value is -1.07. The number of halogens is 1. The summed E-state index contributed by atoms with van der Waals surface area (Å²) in [7, 11) is 1.30. The largest absolute Gasteiger partial charge is 0.468 e. The molecule has 1 unspecified atom stereocenters. The van der Waals surface area contributed by atoms with Crippen molar-refractivity contribution in [2.45, 2.75) is 36.8 Å². The van der Waals surface area contributed by atoms with Crippen LogP contribution < -0.4 is 0 Å². The van der Waals surface area contributed by atoms with E-state index in [0.29, 0.717) is 6.54 Å². The number of methoxy groups -OCH3 is 1. The first-order valence-corrected chi connectivity index (χ1v) is 7.04. The molecule has 2 atom stereocenters. The molecule has 1 fully saturated rings. The van der Waals surface area contributed by atoms with Crippen LogP contribution in [0.5, 0.6) is 0 Å². The van der Waals surface area contributed by atoms with Crippen molar-refractivity contribution in [3.05, 3.63) is 35.9 Å². The number of rotatable bonds is 3. The minimum Gasteiger partial charge on any atom is -0.468 e. The highest BCUT2D eigenvalue weighted by Gasteiger charge is 2.51. The molecule has 2 rings (SSSR count). The molecule has 0 saturated carbocycles. The molecule has 0 amide bonds. The van der Waals surface area contributed by atoms with E-state index in [4.69, 9.17) is 4.74 Å². The summed E-state index contributed by atoms with van der Waals surface area (Å²) in [6.07, 6.45) is 0. The van der Waals surface area contributed by atoms with Crippen molar-refractivity contribution in [1.82, 2.24) is 4.90 Å². The second-order valence-corrected chi connectivity index (χ2v) is 6.68. The summed E-state index contributed by atoms with van der Waals surface area (Å²) in [5.41, 5.74) is -0.203. The fraction of sp³-hybridized carbons (Fsp3) is 0.500. The van der Waals surface area contributed by atoms with Gasteiger partial charge in [-0.05, 0) is 19.4 Å². The van der Waals surface area contributed by atoms with Crippen molar-refractivity contribution >= 4 is 17.7 Å². The number of ether oxygens (including phenoxy) is 1. The lowest BCUT2D eigenvalue weighted by atomic mass is 10.1. The van der Waals surface area contributed by atoms with Gasteiger partial charge < -0.3 is 4.74 Å². The van der Waals surface area contributed by atoms with Gasteiger partial charge in [0.1, 0.15) is 0 Å². The van der Waals surface area contributed by atoms with Gasteiger partial charge in [-0.2, -0.15) is 0 Å². The average molecular weight is 283 g/mol. The van der Waals surface area contributed by atoms with Gasteiger partial charge in [0.15, 0.2) is 11.5 Å². The second-order valence-electron chi connectivity index (χ2n) is 5.00. The highest BCUT2D eigenvalue weighted by atomic mass is 32.2. The van der Waals surface area contributed by atoms with Crippen LogP contribution in [0.3, 0.4) is 0 Å². The number of esters is 1. The molecule has 104 valence electrons. The molecule has 1 aromatic rings. The van der Waals surface area contributed by atoms with Crippen molar-refractivity contribution < 1.29 is 13.9 Å². The van der Waals surface area contributed by atoms with E-state index >= 15 is 0 Å². The molecule has 1 aliphatic rings. The van der Waals surface area contributed by atoms with Gasteiger partial charge in [-0.1, -0.05) is 30.3 Å². The quantitative estimate of drug-likeness (QED) is 0.798. The van der Waals surface area contributed by atoms with E-state index in [9.17, 15) is 9.18 Å². The fourth-order valence-electron chi connectivity index (χ4n) is 2.31. The van der Waals surface area contributed by atoms with Crippen molar-refractivity contribution in [3.63, 3.8) is 0 Å². The Balaban J connectivity index is 2.25. The summed E-state index contributed by atoms with van der Waals surface area (Å²) in [6.45, 7) is 4.38. The average Bonchev–Trinajstić information content (AvgIpc) is 2.59. The zero-order valence-electron chi connectivity index (χ0n) is 11.3. The molecule has 0 aliphatic carbocycles. The van der Waals surface area contributed by atoms with Gasteiger partial charge in [0.25, 0.3) is 0 Å². The number of alkyl halides is 1. The van der Waals surface area contributed by atoms with Crippen LogP contribution in [0, 0.1) is 0 Å². The van der Waals surface area contributed by atoms with Crippen LogP contribution in [0.1, 0.15) is 19.4 Å². The number of carbonyl (C=O) groups is 1. The Morgan fingerprint density at radius 2 is 2.05 bits per heavy atom. The first-order valence-electron chi connectivity index (χ1n) is 6.16. The van der Waals surface area contributed by atoms with Gasteiger partial charge in [-0.15, -0.1) is 11.8 Å². The zero-order valence-corrected chi connectivity index (χ0v) is 12.1. The molecular weight excluding hydrogens is 265 g/mol. The highest BCUT2D eigenvalue weighted by Crippen LogP contribution is 2.45. The third kappa shape index (κ3) is 2.92. The van der Waals surface area contributed by atoms with E-state index in [2.05, 4.69) is 0 Å². The Bertz CT molecular complexity index is 452. The first kappa shape index (κ1) is 14.3. The molecule has 0 radical (unpaired) electrons. The predicted octanol–water partition coefficient (Wildman–Crippen LogP) is 2.81. The second kappa shape index (κ2) is 5.51. The van der Waals surface area contributed by atoms with Gasteiger partial charge in [0.2, 0.25) is 0 Å². The predicted molar refractivity (Wildman–Crippen MR) is 74.4 cm³/mol. The van der Waals surface area contributed by atoms with Crippen molar-refractivity contribution in [2.24, 2.45) is 0 Å². The van der Waals surface area contributed by atoms with Crippen molar-refractivity contribution in [1.29, 1.82) is 0 Å². The smallest absolute Gasteiger partial charge is 0.327 e. The summed E-state index contributed by atoms with van der Waals surface area (Å²) in [5.74, 6) is -0.512. The van der Waals surface area contributed by atoms with E-state index in [1.807, 2.05) is 49.1 Å². The highest BCUT2D eigenvalue weighted by molar-refractivity contribution is 8.01. The van der Waals surface area contributed by atoms with Crippen LogP contribution in [0.15, 0.2) is 30.3 Å². The van der Waals surface area contributed by atoms with E-state index in [0.717, 1.165) is 17.3 Å². The van der Waals surface area contributed by atoms with Crippen LogP contribution in [-0.4, -0.2) is 34.4 Å². The molecular formula is C14H18FNO2S. The van der Waals surface area contributed by atoms with Gasteiger partial charge >= 0.3 is 5.97 Å². The lowest BCUT2D eigenvalue weighted by Crippen LogP contribution is -2.47. The topological polar surface area (TPSA) is 29.5 Å². The Morgan fingerprint density at radius 1 is 1.42 bits per heavy atom. The molecule has 1 saturated heterocycles. The lowest BCUT2D eigenvalue weighted by Gasteiger charge is -2.33. The maximum absolute atomic E-state index is 14.1. The van der Waals surface area contributed by atoms with Crippen LogP contribution in [-0.2, 0) is 16.1 Å². The maximum Gasteiger partial charge on any atom is 0.327 e. The third-order valence-electron chi connectivity index (χ3n) is 3.32. The van der Waals surface area contributed by atoms with E-state index in [-0.39, 0.29) is 0 Å². The maximum atomic E-state index is 14.1. The van der Waals surface area contributed by atoms with Crippen LogP contribution in [0.4, 0.5) is 4.39 Å². The monoisotopic (exact) mass is 283 g/mol. The Morgan fingerprint density at radius 3 is 2.63 bits per heavy atom. The molecule has 0 aromatic heterocycles. The van der Waals surface area contributed by atoms with Crippen molar-refractivity contribution in [2.75, 3.05) is 7.11 Å². The first-order chi connectivity index (χ1) is 8.95. The Kier molecular flexibility index (Phi) is 4.16. The van der Waals surface area contributed by atoms with E-state index in [1.54, 1.807) is 0 Å². The standard InChI is InChI=1S/C14H18FNO2S/c1-14(2)16(9-10-7-5-4-6-8-10)11(12(15)19-14)13(17)18-3/h4-8,11-12H,9H2,1-3H3/t11-,12?/m0/s1. The molecule has 1 aliphatic heterocycles. The number of hydrogen-bond donors (Lipinski definition) is 0.